The maximum atomic E-state index is 13.3. The van der Waals surface area contributed by atoms with Gasteiger partial charge in [-0.15, -0.1) is 0 Å². The van der Waals surface area contributed by atoms with Gasteiger partial charge in [-0.25, -0.2) is 0 Å². The quantitative estimate of drug-likeness (QED) is 0.479. The number of nitrogens with zero attached hydrogens (tertiary/aromatic N) is 2. The zero-order valence-corrected chi connectivity index (χ0v) is 17.6. The van der Waals surface area contributed by atoms with Gasteiger partial charge in [-0.3, -0.25) is 19.7 Å². The van der Waals surface area contributed by atoms with Crippen molar-refractivity contribution in [2.45, 2.75) is 12.8 Å². The van der Waals surface area contributed by atoms with Gasteiger partial charge in [0.25, 0.3) is 11.6 Å². The molecule has 0 saturated carbocycles. The van der Waals surface area contributed by atoms with Crippen LogP contribution in [0.15, 0.2) is 60.7 Å². The van der Waals surface area contributed by atoms with Gasteiger partial charge in [-0.1, -0.05) is 30.3 Å². The van der Waals surface area contributed by atoms with Crippen molar-refractivity contribution in [3.05, 3.63) is 76.3 Å². The van der Waals surface area contributed by atoms with Gasteiger partial charge in [0.1, 0.15) is 5.75 Å². The molecule has 8 heteroatoms. The van der Waals surface area contributed by atoms with E-state index in [2.05, 4.69) is 5.32 Å². The number of hydrogen-bond acceptors (Lipinski definition) is 5. The van der Waals surface area contributed by atoms with Crippen molar-refractivity contribution in [3.8, 4) is 5.75 Å². The van der Waals surface area contributed by atoms with Gasteiger partial charge in [0.05, 0.1) is 18.0 Å². The summed E-state index contributed by atoms with van der Waals surface area (Å²) >= 11 is 0. The molecule has 8 nitrogen and oxygen atoms in total. The number of methoxy groups -OCH3 is 1. The molecule has 0 radical (unpaired) electrons. The SMILES string of the molecule is COc1ccc(C(=O)N2CCC[C@@H](C(=O)Nc3cccc([N+](=O)[O-])c3)C2)c2ccccc12. The molecular weight excluding hydrogens is 410 g/mol. The molecule has 1 N–H and O–H groups in total. The van der Waals surface area contributed by atoms with E-state index in [1.807, 2.05) is 24.3 Å². The Kier molecular flexibility index (Phi) is 6.02. The fraction of sp³-hybridized carbons (Fsp3) is 0.250. The average molecular weight is 433 g/mol. The van der Waals surface area contributed by atoms with E-state index in [1.54, 1.807) is 30.2 Å². The number of anilines is 1. The third-order valence-corrected chi connectivity index (χ3v) is 5.74. The summed E-state index contributed by atoms with van der Waals surface area (Å²) in [6.45, 7) is 0.861. The van der Waals surface area contributed by atoms with Crippen LogP contribution in [0.25, 0.3) is 10.8 Å². The lowest BCUT2D eigenvalue weighted by atomic mass is 9.95. The molecule has 2 amide bonds. The molecule has 4 rings (SSSR count). The molecule has 164 valence electrons. The van der Waals surface area contributed by atoms with E-state index in [0.717, 1.165) is 10.8 Å². The molecule has 1 saturated heterocycles. The largest absolute Gasteiger partial charge is 0.496 e. The van der Waals surface area contributed by atoms with Crippen LogP contribution < -0.4 is 10.1 Å². The van der Waals surface area contributed by atoms with Crippen LogP contribution in [0.4, 0.5) is 11.4 Å². The van der Waals surface area contributed by atoms with Gasteiger partial charge in [0.15, 0.2) is 0 Å². The van der Waals surface area contributed by atoms with Crippen molar-refractivity contribution < 1.29 is 19.2 Å². The fourth-order valence-corrected chi connectivity index (χ4v) is 4.12. The van der Waals surface area contributed by atoms with Gasteiger partial charge in [-0.05, 0) is 36.4 Å². The summed E-state index contributed by atoms with van der Waals surface area (Å²) in [5.74, 6) is -0.0687. The Bertz CT molecular complexity index is 1190. The van der Waals surface area contributed by atoms with Crippen molar-refractivity contribution in [1.82, 2.24) is 4.90 Å². The lowest BCUT2D eigenvalue weighted by molar-refractivity contribution is -0.384. The number of fused-ring (bicyclic) bond motifs is 1. The van der Waals surface area contributed by atoms with Crippen LogP contribution in [0.3, 0.4) is 0 Å². The highest BCUT2D eigenvalue weighted by atomic mass is 16.6. The number of carbonyl (C=O) groups is 2. The molecule has 1 heterocycles. The molecule has 32 heavy (non-hydrogen) atoms. The molecule has 1 atom stereocenters. The van der Waals surface area contributed by atoms with Crippen LogP contribution in [0.1, 0.15) is 23.2 Å². The van der Waals surface area contributed by atoms with Crippen molar-refractivity contribution in [2.75, 3.05) is 25.5 Å². The maximum absolute atomic E-state index is 13.3. The Morgan fingerprint density at radius 1 is 1.09 bits per heavy atom. The summed E-state index contributed by atoms with van der Waals surface area (Å²) in [4.78, 5) is 38.3. The molecular formula is C24H23N3O5. The number of nitrogens with one attached hydrogen (secondary N) is 1. The van der Waals surface area contributed by atoms with E-state index in [1.165, 1.54) is 18.2 Å². The van der Waals surface area contributed by atoms with E-state index < -0.39 is 10.8 Å². The first-order valence-corrected chi connectivity index (χ1v) is 10.4. The second-order valence-electron chi connectivity index (χ2n) is 7.75. The first kappa shape index (κ1) is 21.3. The topological polar surface area (TPSA) is 102 Å². The van der Waals surface area contributed by atoms with E-state index in [0.29, 0.717) is 42.9 Å². The Morgan fingerprint density at radius 3 is 2.62 bits per heavy atom. The molecule has 3 aromatic rings. The molecule has 0 aliphatic carbocycles. The normalized spacial score (nSPS) is 15.9. The molecule has 3 aromatic carbocycles. The maximum Gasteiger partial charge on any atom is 0.271 e. The van der Waals surface area contributed by atoms with Crippen LogP contribution >= 0.6 is 0 Å². The summed E-state index contributed by atoms with van der Waals surface area (Å²) in [5.41, 5.74) is 0.851. The highest BCUT2D eigenvalue weighted by Gasteiger charge is 2.30. The lowest BCUT2D eigenvalue weighted by Gasteiger charge is -2.32. The second kappa shape index (κ2) is 9.05. The Balaban J connectivity index is 1.51. The van der Waals surface area contributed by atoms with E-state index >= 15 is 0 Å². The summed E-state index contributed by atoms with van der Waals surface area (Å²) in [7, 11) is 1.60. The number of amides is 2. The van der Waals surface area contributed by atoms with Gasteiger partial charge in [-0.2, -0.15) is 0 Å². The summed E-state index contributed by atoms with van der Waals surface area (Å²) in [5, 5.41) is 15.4. The van der Waals surface area contributed by atoms with Crippen LogP contribution in [-0.4, -0.2) is 41.8 Å². The number of ether oxygens (including phenoxy) is 1. The summed E-state index contributed by atoms with van der Waals surface area (Å²) in [6.07, 6.45) is 1.35. The van der Waals surface area contributed by atoms with Gasteiger partial charge < -0.3 is 15.0 Å². The number of piperidine rings is 1. The molecule has 0 bridgehead atoms. The first-order valence-electron chi connectivity index (χ1n) is 10.4. The minimum Gasteiger partial charge on any atom is -0.496 e. The van der Waals surface area contributed by atoms with Crippen LogP contribution in [0.5, 0.6) is 5.75 Å². The molecule has 0 aromatic heterocycles. The predicted octanol–water partition coefficient (Wildman–Crippen LogP) is 4.25. The van der Waals surface area contributed by atoms with E-state index in [-0.39, 0.29) is 17.5 Å². The third-order valence-electron chi connectivity index (χ3n) is 5.74. The number of benzene rings is 3. The Labute approximate surface area is 184 Å². The number of hydrogen-bond donors (Lipinski definition) is 1. The third kappa shape index (κ3) is 4.25. The van der Waals surface area contributed by atoms with Crippen LogP contribution in [-0.2, 0) is 4.79 Å². The van der Waals surface area contributed by atoms with Gasteiger partial charge in [0, 0.05) is 41.9 Å². The fourth-order valence-electron chi connectivity index (χ4n) is 4.12. The number of nitro benzene ring substituents is 1. The predicted molar refractivity (Wildman–Crippen MR) is 121 cm³/mol. The molecule has 0 spiro atoms. The molecule has 0 unspecified atom stereocenters. The first-order chi connectivity index (χ1) is 15.5. The highest BCUT2D eigenvalue weighted by molar-refractivity contribution is 6.08. The second-order valence-corrected chi connectivity index (χ2v) is 7.75. The minimum atomic E-state index is -0.504. The molecule has 1 fully saturated rings. The summed E-state index contributed by atoms with van der Waals surface area (Å²) in [6, 6.07) is 17.0. The zero-order chi connectivity index (χ0) is 22.7. The minimum absolute atomic E-state index is 0.0883. The smallest absolute Gasteiger partial charge is 0.271 e. The number of carbonyl (C=O) groups excluding carboxylic acids is 2. The number of nitro groups is 1. The van der Waals surface area contributed by atoms with Gasteiger partial charge >= 0.3 is 0 Å². The molecule has 1 aliphatic rings. The zero-order valence-electron chi connectivity index (χ0n) is 17.6. The average Bonchev–Trinajstić information content (AvgIpc) is 2.83. The van der Waals surface area contributed by atoms with Crippen LogP contribution in [0, 0.1) is 16.0 Å². The van der Waals surface area contributed by atoms with Crippen molar-refractivity contribution in [1.29, 1.82) is 0 Å². The van der Waals surface area contributed by atoms with Gasteiger partial charge in [0.2, 0.25) is 5.91 Å². The lowest BCUT2D eigenvalue weighted by Crippen LogP contribution is -2.43. The van der Waals surface area contributed by atoms with Crippen LogP contribution in [0.2, 0.25) is 0 Å². The molecule has 1 aliphatic heterocycles. The van der Waals surface area contributed by atoms with Crippen molar-refractivity contribution in [3.63, 3.8) is 0 Å². The Morgan fingerprint density at radius 2 is 1.88 bits per heavy atom. The van der Waals surface area contributed by atoms with E-state index in [9.17, 15) is 19.7 Å². The summed E-state index contributed by atoms with van der Waals surface area (Å²) < 4.78 is 5.42. The van der Waals surface area contributed by atoms with Crippen molar-refractivity contribution >= 4 is 34.0 Å². The number of non-ortho nitro benzene ring substituents is 1. The number of likely N-dealkylation sites (tertiary alicyclic amines) is 1. The number of rotatable bonds is 5. The monoisotopic (exact) mass is 433 g/mol. The Hall–Kier alpha value is -3.94. The van der Waals surface area contributed by atoms with E-state index in [4.69, 9.17) is 4.74 Å². The highest BCUT2D eigenvalue weighted by Crippen LogP contribution is 2.30. The standard InChI is InChI=1S/C24H23N3O5/c1-32-22-12-11-21(19-9-2-3-10-20(19)22)24(29)26-13-5-6-16(15-26)23(28)25-17-7-4-8-18(14-17)27(30)31/h2-4,7-12,14,16H,5-6,13,15H2,1H3,(H,25,28)/t16-/m1/s1. The van der Waals surface area contributed by atoms with Crippen molar-refractivity contribution in [2.24, 2.45) is 5.92 Å².